The van der Waals surface area contributed by atoms with Gasteiger partial charge in [0.2, 0.25) is 5.91 Å². The molecule has 2 amide bonds. The van der Waals surface area contributed by atoms with Crippen molar-refractivity contribution in [3.05, 3.63) is 95.4 Å². The van der Waals surface area contributed by atoms with Crippen LogP contribution in [-0.4, -0.2) is 22.8 Å². The summed E-state index contributed by atoms with van der Waals surface area (Å²) in [5.74, 6) is -1.58. The standard InChI is InChI=1S/C26H26F2N2O3/c27-20-12-8-18(9-13-20)17-30(26(32)23-7-4-16-33-23)24(19-10-14-21(28)15-11-19)25(31)29-22-5-2-1-3-6-22/h4,7-16,22,24H,1-3,5-6,17H2,(H,29,31)/t24-/m0/s1. The van der Waals surface area contributed by atoms with Crippen LogP contribution in [0.25, 0.3) is 0 Å². The molecule has 5 nitrogen and oxygen atoms in total. The Morgan fingerprint density at radius 2 is 1.58 bits per heavy atom. The third kappa shape index (κ3) is 5.66. The molecule has 2 aromatic carbocycles. The molecule has 0 aliphatic heterocycles. The number of nitrogens with one attached hydrogen (secondary N) is 1. The second-order valence-corrected chi connectivity index (χ2v) is 8.33. The molecule has 1 saturated carbocycles. The van der Waals surface area contributed by atoms with Gasteiger partial charge in [0, 0.05) is 12.6 Å². The number of benzene rings is 2. The quantitative estimate of drug-likeness (QED) is 0.523. The lowest BCUT2D eigenvalue weighted by Crippen LogP contribution is -2.46. The molecular weight excluding hydrogens is 426 g/mol. The Morgan fingerprint density at radius 3 is 2.18 bits per heavy atom. The molecule has 0 saturated heterocycles. The Balaban J connectivity index is 1.71. The number of hydrogen-bond acceptors (Lipinski definition) is 3. The van der Waals surface area contributed by atoms with Gasteiger partial charge < -0.3 is 14.6 Å². The molecule has 0 unspecified atom stereocenters. The van der Waals surface area contributed by atoms with Crippen LogP contribution in [0.5, 0.6) is 0 Å². The predicted octanol–water partition coefficient (Wildman–Crippen LogP) is 5.39. The van der Waals surface area contributed by atoms with E-state index in [-0.39, 0.29) is 24.3 Å². The summed E-state index contributed by atoms with van der Waals surface area (Å²) in [6.45, 7) is 0.0416. The van der Waals surface area contributed by atoms with Gasteiger partial charge in [-0.2, -0.15) is 0 Å². The van der Waals surface area contributed by atoms with E-state index in [4.69, 9.17) is 4.42 Å². The Bertz CT molecular complexity index is 1060. The third-order valence-corrected chi connectivity index (χ3v) is 5.96. The maximum atomic E-state index is 13.7. The van der Waals surface area contributed by atoms with Crippen LogP contribution in [-0.2, 0) is 11.3 Å². The second kappa shape index (κ2) is 10.4. The molecule has 4 rings (SSSR count). The first-order valence-electron chi connectivity index (χ1n) is 11.2. The minimum absolute atomic E-state index is 0.0283. The molecule has 1 fully saturated rings. The topological polar surface area (TPSA) is 62.6 Å². The summed E-state index contributed by atoms with van der Waals surface area (Å²) >= 11 is 0. The van der Waals surface area contributed by atoms with Crippen molar-refractivity contribution in [1.29, 1.82) is 0 Å². The predicted molar refractivity (Wildman–Crippen MR) is 119 cm³/mol. The van der Waals surface area contributed by atoms with E-state index < -0.39 is 23.6 Å². The van der Waals surface area contributed by atoms with Crippen molar-refractivity contribution in [3.8, 4) is 0 Å². The van der Waals surface area contributed by atoms with Crippen molar-refractivity contribution >= 4 is 11.8 Å². The normalized spacial score (nSPS) is 15.1. The van der Waals surface area contributed by atoms with Crippen LogP contribution in [0, 0.1) is 11.6 Å². The van der Waals surface area contributed by atoms with Gasteiger partial charge in [-0.05, 0) is 60.4 Å². The molecule has 1 aliphatic rings. The SMILES string of the molecule is O=C(NC1CCCCC1)[C@H](c1ccc(F)cc1)N(Cc1ccc(F)cc1)C(=O)c1ccco1. The highest BCUT2D eigenvalue weighted by atomic mass is 19.1. The minimum atomic E-state index is -1.02. The number of carbonyl (C=O) groups is 2. The van der Waals surface area contributed by atoms with Gasteiger partial charge in [0.15, 0.2) is 5.76 Å². The molecule has 1 aromatic heterocycles. The molecule has 3 aromatic rings. The second-order valence-electron chi connectivity index (χ2n) is 8.33. The van der Waals surface area contributed by atoms with E-state index in [1.54, 1.807) is 18.2 Å². The van der Waals surface area contributed by atoms with Gasteiger partial charge >= 0.3 is 0 Å². The van der Waals surface area contributed by atoms with Crippen LogP contribution in [0.1, 0.15) is 59.8 Å². The zero-order chi connectivity index (χ0) is 23.2. The minimum Gasteiger partial charge on any atom is -0.459 e. The molecular formula is C26H26F2N2O3. The van der Waals surface area contributed by atoms with Crippen LogP contribution < -0.4 is 5.32 Å². The number of nitrogens with zero attached hydrogens (tertiary/aromatic N) is 1. The maximum Gasteiger partial charge on any atom is 0.290 e. The summed E-state index contributed by atoms with van der Waals surface area (Å²) in [5.41, 5.74) is 1.13. The molecule has 0 radical (unpaired) electrons. The first-order valence-corrected chi connectivity index (χ1v) is 11.2. The summed E-state index contributed by atoms with van der Waals surface area (Å²) < 4.78 is 32.4. The molecule has 0 bridgehead atoms. The average molecular weight is 453 g/mol. The largest absolute Gasteiger partial charge is 0.459 e. The average Bonchev–Trinajstić information content (AvgIpc) is 3.36. The van der Waals surface area contributed by atoms with Crippen LogP contribution in [0.2, 0.25) is 0 Å². The number of rotatable bonds is 7. The van der Waals surface area contributed by atoms with Gasteiger partial charge in [-0.15, -0.1) is 0 Å². The molecule has 1 N–H and O–H groups in total. The molecule has 33 heavy (non-hydrogen) atoms. The van der Waals surface area contributed by atoms with E-state index in [0.717, 1.165) is 32.1 Å². The fourth-order valence-corrected chi connectivity index (χ4v) is 4.25. The zero-order valence-corrected chi connectivity index (χ0v) is 18.2. The molecule has 0 spiro atoms. The number of hydrogen-bond donors (Lipinski definition) is 1. The first-order chi connectivity index (χ1) is 16.0. The molecule has 172 valence electrons. The van der Waals surface area contributed by atoms with Crippen molar-refractivity contribution < 1.29 is 22.8 Å². The van der Waals surface area contributed by atoms with Crippen molar-refractivity contribution in [3.63, 3.8) is 0 Å². The Kier molecular flexibility index (Phi) is 7.17. The van der Waals surface area contributed by atoms with Crippen molar-refractivity contribution in [2.45, 2.75) is 50.7 Å². The Morgan fingerprint density at radius 1 is 0.939 bits per heavy atom. The van der Waals surface area contributed by atoms with Crippen LogP contribution >= 0.6 is 0 Å². The van der Waals surface area contributed by atoms with E-state index in [2.05, 4.69) is 5.32 Å². The van der Waals surface area contributed by atoms with Gasteiger partial charge in [-0.1, -0.05) is 43.5 Å². The van der Waals surface area contributed by atoms with Gasteiger partial charge in [-0.25, -0.2) is 8.78 Å². The van der Waals surface area contributed by atoms with Gasteiger partial charge in [0.25, 0.3) is 5.91 Å². The van der Waals surface area contributed by atoms with E-state index in [9.17, 15) is 18.4 Å². The van der Waals surface area contributed by atoms with Gasteiger partial charge in [0.1, 0.15) is 17.7 Å². The summed E-state index contributed by atoms with van der Waals surface area (Å²) in [5, 5.41) is 3.09. The van der Waals surface area contributed by atoms with Crippen molar-refractivity contribution in [2.24, 2.45) is 0 Å². The summed E-state index contributed by atoms with van der Waals surface area (Å²) in [6.07, 6.45) is 6.37. The summed E-state index contributed by atoms with van der Waals surface area (Å²) in [6, 6.07) is 13.4. The Labute approximate surface area is 191 Å². The smallest absolute Gasteiger partial charge is 0.290 e. The summed E-state index contributed by atoms with van der Waals surface area (Å²) in [4.78, 5) is 28.4. The summed E-state index contributed by atoms with van der Waals surface area (Å²) in [7, 11) is 0. The lowest BCUT2D eigenvalue weighted by molar-refractivity contribution is -0.127. The van der Waals surface area contributed by atoms with Crippen LogP contribution in [0.3, 0.4) is 0 Å². The number of amides is 2. The highest BCUT2D eigenvalue weighted by molar-refractivity contribution is 5.96. The molecule has 1 aliphatic carbocycles. The highest BCUT2D eigenvalue weighted by Crippen LogP contribution is 2.28. The van der Waals surface area contributed by atoms with Crippen LogP contribution in [0.15, 0.2) is 71.3 Å². The first kappa shape index (κ1) is 22.7. The number of furan rings is 1. The Hall–Kier alpha value is -3.48. The van der Waals surface area contributed by atoms with Crippen LogP contribution in [0.4, 0.5) is 8.78 Å². The van der Waals surface area contributed by atoms with E-state index in [1.807, 2.05) is 0 Å². The fourth-order valence-electron chi connectivity index (χ4n) is 4.25. The van der Waals surface area contributed by atoms with E-state index in [0.29, 0.717) is 11.1 Å². The molecule has 7 heteroatoms. The number of carbonyl (C=O) groups excluding carboxylic acids is 2. The molecule has 1 heterocycles. The lowest BCUT2D eigenvalue weighted by Gasteiger charge is -2.33. The zero-order valence-electron chi connectivity index (χ0n) is 18.2. The van der Waals surface area contributed by atoms with E-state index >= 15 is 0 Å². The number of halogens is 2. The van der Waals surface area contributed by atoms with Gasteiger partial charge in [-0.3, -0.25) is 9.59 Å². The van der Waals surface area contributed by atoms with E-state index in [1.165, 1.54) is 53.6 Å². The molecule has 1 atom stereocenters. The van der Waals surface area contributed by atoms with Gasteiger partial charge in [0.05, 0.1) is 6.26 Å². The lowest BCUT2D eigenvalue weighted by atomic mass is 9.94. The monoisotopic (exact) mass is 452 g/mol. The highest BCUT2D eigenvalue weighted by Gasteiger charge is 2.34. The third-order valence-electron chi connectivity index (χ3n) is 5.96. The van der Waals surface area contributed by atoms with Crippen molar-refractivity contribution in [1.82, 2.24) is 10.2 Å². The van der Waals surface area contributed by atoms with Crippen molar-refractivity contribution in [2.75, 3.05) is 0 Å². The maximum absolute atomic E-state index is 13.7. The fraction of sp³-hybridized carbons (Fsp3) is 0.308.